The third-order valence-electron chi connectivity index (χ3n) is 3.17. The third-order valence-corrected chi connectivity index (χ3v) is 3.37. The van der Waals surface area contributed by atoms with Gasteiger partial charge in [-0.25, -0.2) is 4.98 Å². The lowest BCUT2D eigenvalue weighted by molar-refractivity contribution is 0.240. The van der Waals surface area contributed by atoms with E-state index in [-0.39, 0.29) is 0 Å². The molecule has 2 aromatic rings. The Morgan fingerprint density at radius 1 is 1.33 bits per heavy atom. The van der Waals surface area contributed by atoms with Crippen molar-refractivity contribution in [2.45, 2.75) is 19.5 Å². The first-order valence-electron chi connectivity index (χ1n) is 6.00. The smallest absolute Gasteiger partial charge is 0.196 e. The molecule has 0 aliphatic carbocycles. The van der Waals surface area contributed by atoms with Crippen LogP contribution in [0.1, 0.15) is 17.0 Å². The van der Waals surface area contributed by atoms with Gasteiger partial charge in [0.25, 0.3) is 0 Å². The highest BCUT2D eigenvalue weighted by Crippen LogP contribution is 2.17. The highest BCUT2D eigenvalue weighted by atomic mass is 32.1. The summed E-state index contributed by atoms with van der Waals surface area (Å²) in [4.78, 5) is 14.1. The number of nitrogens with zero attached hydrogens (tertiary/aromatic N) is 3. The van der Waals surface area contributed by atoms with Crippen molar-refractivity contribution >= 4 is 12.2 Å². The van der Waals surface area contributed by atoms with Gasteiger partial charge < -0.3 is 4.98 Å². The molecule has 92 valence electrons. The van der Waals surface area contributed by atoms with Crippen molar-refractivity contribution in [2.24, 2.45) is 0 Å². The number of rotatable bonds is 2. The molecule has 2 aromatic heterocycles. The lowest BCUT2D eigenvalue weighted by atomic mass is 10.1. The summed E-state index contributed by atoms with van der Waals surface area (Å²) in [6, 6.07) is 6.03. The second kappa shape index (κ2) is 4.96. The van der Waals surface area contributed by atoms with E-state index in [4.69, 9.17) is 12.2 Å². The Morgan fingerprint density at radius 3 is 3.11 bits per heavy atom. The minimum Gasteiger partial charge on any atom is -0.334 e. The fourth-order valence-electron chi connectivity index (χ4n) is 2.26. The normalized spacial score (nSPS) is 15.3. The first-order valence-corrected chi connectivity index (χ1v) is 6.41. The van der Waals surface area contributed by atoms with E-state index in [1.807, 2.05) is 24.5 Å². The van der Waals surface area contributed by atoms with Crippen molar-refractivity contribution in [3.05, 3.63) is 52.3 Å². The number of hydrogen-bond donors (Lipinski definition) is 1. The molecular weight excluding hydrogens is 244 g/mol. The van der Waals surface area contributed by atoms with E-state index in [2.05, 4.69) is 25.9 Å². The van der Waals surface area contributed by atoms with Gasteiger partial charge >= 0.3 is 0 Å². The van der Waals surface area contributed by atoms with E-state index < -0.39 is 0 Å². The maximum absolute atomic E-state index is 5.04. The predicted molar refractivity (Wildman–Crippen MR) is 71.5 cm³/mol. The third kappa shape index (κ3) is 2.47. The van der Waals surface area contributed by atoms with Crippen LogP contribution < -0.4 is 0 Å². The van der Waals surface area contributed by atoms with Crippen LogP contribution in [-0.2, 0) is 19.5 Å². The average molecular weight is 258 g/mol. The van der Waals surface area contributed by atoms with Crippen molar-refractivity contribution in [2.75, 3.05) is 6.54 Å². The summed E-state index contributed by atoms with van der Waals surface area (Å²) < 4.78 is 0.576. The molecule has 1 aliphatic rings. The van der Waals surface area contributed by atoms with Gasteiger partial charge in [0.1, 0.15) is 0 Å². The molecule has 0 saturated heterocycles. The number of nitrogens with one attached hydrogen (secondary N) is 1. The lowest BCUT2D eigenvalue weighted by Crippen LogP contribution is -2.31. The van der Waals surface area contributed by atoms with Gasteiger partial charge in [-0.15, -0.1) is 0 Å². The van der Waals surface area contributed by atoms with E-state index in [9.17, 15) is 0 Å². The van der Waals surface area contributed by atoms with Crippen LogP contribution in [0.25, 0.3) is 0 Å². The molecule has 3 heterocycles. The zero-order valence-corrected chi connectivity index (χ0v) is 10.8. The van der Waals surface area contributed by atoms with Crippen molar-refractivity contribution < 1.29 is 0 Å². The van der Waals surface area contributed by atoms with Gasteiger partial charge in [0, 0.05) is 49.7 Å². The van der Waals surface area contributed by atoms with Gasteiger partial charge in [-0.2, -0.15) is 0 Å². The largest absolute Gasteiger partial charge is 0.334 e. The van der Waals surface area contributed by atoms with E-state index in [1.54, 1.807) is 0 Å². The quantitative estimate of drug-likeness (QED) is 0.838. The monoisotopic (exact) mass is 258 g/mol. The molecule has 0 bridgehead atoms. The van der Waals surface area contributed by atoms with Gasteiger partial charge in [0.15, 0.2) is 4.77 Å². The van der Waals surface area contributed by atoms with Crippen LogP contribution in [0.5, 0.6) is 0 Å². The summed E-state index contributed by atoms with van der Waals surface area (Å²) in [5.74, 6) is 0. The standard InChI is InChI=1S/C13H14N4S/c18-13-15-7-10-8-17(6-4-12(10)16-13)9-11-3-1-2-5-14-11/h1-3,5,7H,4,6,8-9H2,(H,15,16,18). The van der Waals surface area contributed by atoms with Gasteiger partial charge in [-0.3, -0.25) is 9.88 Å². The van der Waals surface area contributed by atoms with E-state index in [1.165, 1.54) is 11.3 Å². The summed E-state index contributed by atoms with van der Waals surface area (Å²) in [5.41, 5.74) is 3.58. The Kier molecular flexibility index (Phi) is 3.17. The van der Waals surface area contributed by atoms with Crippen LogP contribution in [-0.4, -0.2) is 26.4 Å². The molecule has 0 radical (unpaired) electrons. The molecule has 1 N–H and O–H groups in total. The molecule has 0 fully saturated rings. The Morgan fingerprint density at radius 2 is 2.28 bits per heavy atom. The molecule has 0 unspecified atom stereocenters. The van der Waals surface area contributed by atoms with Crippen LogP contribution in [0.3, 0.4) is 0 Å². The van der Waals surface area contributed by atoms with Crippen LogP contribution in [0.15, 0.2) is 30.6 Å². The number of fused-ring (bicyclic) bond motifs is 1. The zero-order chi connectivity index (χ0) is 12.4. The van der Waals surface area contributed by atoms with Crippen molar-refractivity contribution in [1.82, 2.24) is 19.9 Å². The van der Waals surface area contributed by atoms with Crippen LogP contribution in [0, 0.1) is 4.77 Å². The molecule has 0 saturated carbocycles. The van der Waals surface area contributed by atoms with Crippen LogP contribution in [0.4, 0.5) is 0 Å². The topological polar surface area (TPSA) is 44.8 Å². The minimum atomic E-state index is 0.576. The van der Waals surface area contributed by atoms with Crippen molar-refractivity contribution in [3.63, 3.8) is 0 Å². The number of aromatic nitrogens is 3. The predicted octanol–water partition coefficient (Wildman–Crippen LogP) is 2.09. The second-order valence-electron chi connectivity index (χ2n) is 4.47. The number of pyridine rings is 1. The molecule has 1 aliphatic heterocycles. The van der Waals surface area contributed by atoms with Gasteiger partial charge in [-0.05, 0) is 24.4 Å². The molecule has 0 atom stereocenters. The molecule has 0 spiro atoms. The number of H-pyrrole nitrogens is 1. The van der Waals surface area contributed by atoms with E-state index in [0.717, 1.165) is 31.7 Å². The second-order valence-corrected chi connectivity index (χ2v) is 4.86. The Labute approximate surface area is 111 Å². The van der Waals surface area contributed by atoms with Gasteiger partial charge in [-0.1, -0.05) is 6.07 Å². The Balaban J connectivity index is 1.75. The van der Waals surface area contributed by atoms with Crippen LogP contribution >= 0.6 is 12.2 Å². The summed E-state index contributed by atoms with van der Waals surface area (Å²) in [7, 11) is 0. The minimum absolute atomic E-state index is 0.576. The molecule has 3 rings (SSSR count). The summed E-state index contributed by atoms with van der Waals surface area (Å²) in [5, 5.41) is 0. The molecule has 5 heteroatoms. The summed E-state index contributed by atoms with van der Waals surface area (Å²) in [6.45, 7) is 2.82. The Hall–Kier alpha value is -1.59. The fraction of sp³-hybridized carbons (Fsp3) is 0.308. The SMILES string of the molecule is S=c1ncc2c([nH]1)CCN(Cc1ccccn1)C2. The highest BCUT2D eigenvalue weighted by Gasteiger charge is 2.17. The average Bonchev–Trinajstić information content (AvgIpc) is 2.40. The zero-order valence-electron chi connectivity index (χ0n) is 9.97. The highest BCUT2D eigenvalue weighted by molar-refractivity contribution is 7.71. The van der Waals surface area contributed by atoms with E-state index >= 15 is 0 Å². The Bertz CT molecular complexity index is 593. The maximum atomic E-state index is 5.04. The maximum Gasteiger partial charge on any atom is 0.196 e. The molecule has 18 heavy (non-hydrogen) atoms. The van der Waals surface area contributed by atoms with E-state index in [0.29, 0.717) is 4.77 Å². The molecule has 0 aromatic carbocycles. The summed E-state index contributed by atoms with van der Waals surface area (Å²) in [6.07, 6.45) is 4.72. The molecule has 0 amide bonds. The molecular formula is C13H14N4S. The van der Waals surface area contributed by atoms with Crippen molar-refractivity contribution in [3.8, 4) is 0 Å². The van der Waals surface area contributed by atoms with Crippen molar-refractivity contribution in [1.29, 1.82) is 0 Å². The number of aromatic amines is 1. The van der Waals surface area contributed by atoms with Gasteiger partial charge in [0.2, 0.25) is 0 Å². The first kappa shape index (κ1) is 11.5. The number of hydrogen-bond acceptors (Lipinski definition) is 4. The van der Waals surface area contributed by atoms with Crippen LogP contribution in [0.2, 0.25) is 0 Å². The first-order chi connectivity index (χ1) is 8.81. The fourth-order valence-corrected chi connectivity index (χ4v) is 2.44. The summed E-state index contributed by atoms with van der Waals surface area (Å²) >= 11 is 5.04. The van der Waals surface area contributed by atoms with Gasteiger partial charge in [0.05, 0.1) is 5.69 Å². The molecule has 4 nitrogen and oxygen atoms in total. The lowest BCUT2D eigenvalue weighted by Gasteiger charge is -2.27.